The summed E-state index contributed by atoms with van der Waals surface area (Å²) in [4.78, 5) is 29.6. The van der Waals surface area contributed by atoms with Crippen molar-refractivity contribution in [2.75, 3.05) is 25.0 Å². The summed E-state index contributed by atoms with van der Waals surface area (Å²) >= 11 is 1.47. The van der Waals surface area contributed by atoms with Crippen molar-refractivity contribution < 1.29 is 14.3 Å². The Labute approximate surface area is 159 Å². The molecule has 1 aliphatic heterocycles. The van der Waals surface area contributed by atoms with Crippen molar-refractivity contribution in [1.82, 2.24) is 15.2 Å². The fourth-order valence-corrected chi connectivity index (χ4v) is 3.83. The van der Waals surface area contributed by atoms with Gasteiger partial charge in [0, 0.05) is 44.9 Å². The van der Waals surface area contributed by atoms with Gasteiger partial charge in [0.1, 0.15) is 0 Å². The number of aromatic nitrogens is 1. The first-order valence-corrected chi connectivity index (χ1v) is 10.2. The molecule has 0 aliphatic carbocycles. The summed E-state index contributed by atoms with van der Waals surface area (Å²) in [5, 5.41) is 8.31. The third kappa shape index (κ3) is 7.80. The Balaban J connectivity index is 1.65. The zero-order valence-corrected chi connectivity index (χ0v) is 16.7. The van der Waals surface area contributed by atoms with E-state index < -0.39 is 0 Å². The summed E-state index contributed by atoms with van der Waals surface area (Å²) in [5.41, 5.74) is 0.988. The zero-order chi connectivity index (χ0) is 18.9. The fourth-order valence-electron chi connectivity index (χ4n) is 3.11. The number of carbonyl (C=O) groups is 2. The summed E-state index contributed by atoms with van der Waals surface area (Å²) in [6.45, 7) is 8.95. The number of ether oxygens (including phenoxy) is 1. The minimum atomic E-state index is -0.0108. The summed E-state index contributed by atoms with van der Waals surface area (Å²) in [6, 6.07) is 0. The van der Waals surface area contributed by atoms with Gasteiger partial charge in [0.25, 0.3) is 0 Å². The molecule has 8 heteroatoms. The maximum absolute atomic E-state index is 12.0. The number of hydrogen-bond donors (Lipinski definition) is 2. The highest BCUT2D eigenvalue weighted by Gasteiger charge is 2.22. The number of nitrogens with one attached hydrogen (secondary N) is 2. The first-order chi connectivity index (χ1) is 12.4. The number of unbranched alkanes of at least 4 members (excludes halogenated alkanes) is 2. The molecule has 0 saturated carbocycles. The Kier molecular flexibility index (Phi) is 8.47. The Morgan fingerprint density at radius 3 is 2.69 bits per heavy atom. The number of carbonyl (C=O) groups excluding carboxylic acids is 2. The number of amides is 2. The van der Waals surface area contributed by atoms with Gasteiger partial charge in [-0.1, -0.05) is 6.42 Å². The van der Waals surface area contributed by atoms with Gasteiger partial charge in [-0.05, 0) is 26.7 Å². The number of morpholine rings is 1. The summed E-state index contributed by atoms with van der Waals surface area (Å²) < 4.78 is 5.75. The topological polar surface area (TPSA) is 83.6 Å². The highest BCUT2D eigenvalue weighted by Crippen LogP contribution is 2.19. The molecule has 2 unspecified atom stereocenters. The third-order valence-corrected chi connectivity index (χ3v) is 4.94. The molecule has 0 spiro atoms. The summed E-state index contributed by atoms with van der Waals surface area (Å²) in [5.74, 6) is -0.0117. The lowest BCUT2D eigenvalue weighted by atomic mass is 10.2. The van der Waals surface area contributed by atoms with Gasteiger partial charge < -0.3 is 15.4 Å². The van der Waals surface area contributed by atoms with Crippen molar-refractivity contribution in [2.45, 2.75) is 65.2 Å². The summed E-state index contributed by atoms with van der Waals surface area (Å²) in [7, 11) is 0. The molecule has 2 rings (SSSR count). The van der Waals surface area contributed by atoms with E-state index >= 15 is 0 Å². The maximum Gasteiger partial charge on any atom is 0.226 e. The van der Waals surface area contributed by atoms with Gasteiger partial charge in [0.15, 0.2) is 5.13 Å². The highest BCUT2D eigenvalue weighted by molar-refractivity contribution is 7.13. The van der Waals surface area contributed by atoms with Crippen LogP contribution in [0.5, 0.6) is 0 Å². The highest BCUT2D eigenvalue weighted by atomic mass is 32.1. The first kappa shape index (κ1) is 20.8. The lowest BCUT2D eigenvalue weighted by molar-refractivity contribution is -0.119. The van der Waals surface area contributed by atoms with Crippen molar-refractivity contribution >= 4 is 28.3 Å². The van der Waals surface area contributed by atoms with Crippen molar-refractivity contribution in [3.63, 3.8) is 0 Å². The van der Waals surface area contributed by atoms with E-state index in [4.69, 9.17) is 4.74 Å². The van der Waals surface area contributed by atoms with Crippen LogP contribution in [0.4, 0.5) is 5.13 Å². The van der Waals surface area contributed by atoms with Crippen molar-refractivity contribution in [1.29, 1.82) is 0 Å². The molecule has 1 aliphatic rings. The van der Waals surface area contributed by atoms with Gasteiger partial charge in [-0.15, -0.1) is 11.3 Å². The van der Waals surface area contributed by atoms with Gasteiger partial charge in [0.2, 0.25) is 11.8 Å². The number of thiazole rings is 1. The Hall–Kier alpha value is -1.51. The lowest BCUT2D eigenvalue weighted by Crippen LogP contribution is -2.44. The minimum Gasteiger partial charge on any atom is -0.373 e. The predicted molar refractivity (Wildman–Crippen MR) is 103 cm³/mol. The molecule has 0 radical (unpaired) electrons. The van der Waals surface area contributed by atoms with Crippen LogP contribution < -0.4 is 10.6 Å². The van der Waals surface area contributed by atoms with Crippen LogP contribution in [0.25, 0.3) is 0 Å². The standard InChI is InChI=1S/C18H30N4O3S/c1-13-9-22(10-14(2)25-13)11-16-12-26-18(20-16)21-17(24)7-5-4-6-8-19-15(3)23/h12-14H,4-11H2,1-3H3,(H,19,23)(H,20,21,24). The van der Waals surface area contributed by atoms with E-state index in [-0.39, 0.29) is 24.0 Å². The maximum atomic E-state index is 12.0. The van der Waals surface area contributed by atoms with Crippen LogP contribution in [-0.4, -0.2) is 53.5 Å². The molecule has 2 N–H and O–H groups in total. The van der Waals surface area contributed by atoms with Crippen molar-refractivity contribution in [3.05, 3.63) is 11.1 Å². The average molecular weight is 383 g/mol. The first-order valence-electron chi connectivity index (χ1n) is 9.29. The predicted octanol–water partition coefficient (Wildman–Crippen LogP) is 2.39. The average Bonchev–Trinajstić information content (AvgIpc) is 2.96. The van der Waals surface area contributed by atoms with Crippen LogP contribution in [0.2, 0.25) is 0 Å². The molecule has 0 aromatic carbocycles. The van der Waals surface area contributed by atoms with E-state index in [0.717, 1.165) is 44.6 Å². The molecule has 26 heavy (non-hydrogen) atoms. The zero-order valence-electron chi connectivity index (χ0n) is 15.9. The monoisotopic (exact) mass is 382 g/mol. The fraction of sp³-hybridized carbons (Fsp3) is 0.722. The Bertz CT molecular complexity index is 583. The second-order valence-corrected chi connectivity index (χ2v) is 7.80. The molecule has 1 aromatic rings. The normalized spacial score (nSPS) is 20.7. The molecule has 2 amide bonds. The van der Waals surface area contributed by atoms with Crippen LogP contribution in [0.15, 0.2) is 5.38 Å². The van der Waals surface area contributed by atoms with E-state index in [1.165, 1.54) is 18.3 Å². The minimum absolute atomic E-state index is 0.000885. The van der Waals surface area contributed by atoms with Crippen LogP contribution >= 0.6 is 11.3 Å². The molecule has 146 valence electrons. The lowest BCUT2D eigenvalue weighted by Gasteiger charge is -2.34. The van der Waals surface area contributed by atoms with Gasteiger partial charge >= 0.3 is 0 Å². The quantitative estimate of drug-likeness (QED) is 0.641. The van der Waals surface area contributed by atoms with E-state index in [1.54, 1.807) is 0 Å². The van der Waals surface area contributed by atoms with E-state index in [1.807, 2.05) is 5.38 Å². The van der Waals surface area contributed by atoms with Gasteiger partial charge in [-0.2, -0.15) is 0 Å². The number of anilines is 1. The smallest absolute Gasteiger partial charge is 0.226 e. The molecule has 2 atom stereocenters. The number of nitrogens with zero attached hydrogens (tertiary/aromatic N) is 2. The van der Waals surface area contributed by atoms with Gasteiger partial charge in [-0.3, -0.25) is 14.5 Å². The van der Waals surface area contributed by atoms with E-state index in [2.05, 4.69) is 34.4 Å². The molecule has 1 fully saturated rings. The molecule has 2 heterocycles. The molecule has 1 saturated heterocycles. The van der Waals surface area contributed by atoms with Crippen LogP contribution in [0.3, 0.4) is 0 Å². The van der Waals surface area contributed by atoms with E-state index in [0.29, 0.717) is 18.1 Å². The molecule has 0 bridgehead atoms. The Morgan fingerprint density at radius 2 is 2.00 bits per heavy atom. The SMILES string of the molecule is CC(=O)NCCCCCC(=O)Nc1nc(CN2CC(C)OC(C)C2)cs1. The van der Waals surface area contributed by atoms with Crippen LogP contribution in [0.1, 0.15) is 52.1 Å². The third-order valence-electron chi connectivity index (χ3n) is 4.13. The van der Waals surface area contributed by atoms with Gasteiger partial charge in [0.05, 0.1) is 17.9 Å². The summed E-state index contributed by atoms with van der Waals surface area (Å²) in [6.07, 6.45) is 3.58. The largest absolute Gasteiger partial charge is 0.373 e. The van der Waals surface area contributed by atoms with E-state index in [9.17, 15) is 9.59 Å². The molecule has 7 nitrogen and oxygen atoms in total. The second kappa shape index (κ2) is 10.6. The van der Waals surface area contributed by atoms with Crippen LogP contribution in [0, 0.1) is 0 Å². The van der Waals surface area contributed by atoms with Crippen molar-refractivity contribution in [2.24, 2.45) is 0 Å². The van der Waals surface area contributed by atoms with Crippen molar-refractivity contribution in [3.8, 4) is 0 Å². The van der Waals surface area contributed by atoms with Crippen LogP contribution in [-0.2, 0) is 20.9 Å². The molecule has 1 aromatic heterocycles. The van der Waals surface area contributed by atoms with Gasteiger partial charge in [-0.25, -0.2) is 4.98 Å². The molecular formula is C18H30N4O3S. The number of hydrogen-bond acceptors (Lipinski definition) is 6. The Morgan fingerprint density at radius 1 is 1.27 bits per heavy atom. The number of rotatable bonds is 9. The second-order valence-electron chi connectivity index (χ2n) is 6.94. The molecular weight excluding hydrogens is 352 g/mol.